The Hall–Kier alpha value is -3.32. The Morgan fingerprint density at radius 2 is 1.68 bits per heavy atom. The van der Waals surface area contributed by atoms with Gasteiger partial charge in [0.05, 0.1) is 25.8 Å². The molecule has 164 valence electrons. The first-order chi connectivity index (χ1) is 14.8. The average Bonchev–Trinajstić information content (AvgIpc) is 3.01. The number of nitrogens with zero attached hydrogens (tertiary/aromatic N) is 2. The van der Waals surface area contributed by atoms with E-state index in [4.69, 9.17) is 9.47 Å². The maximum absolute atomic E-state index is 13.0. The predicted octanol–water partition coefficient (Wildman–Crippen LogP) is 3.00. The van der Waals surface area contributed by atoms with Gasteiger partial charge >= 0.3 is 0 Å². The minimum atomic E-state index is -0.735. The Morgan fingerprint density at radius 1 is 1.03 bits per heavy atom. The van der Waals surface area contributed by atoms with Crippen LogP contribution in [0.4, 0.5) is 0 Å². The molecule has 1 fully saturated rings. The third kappa shape index (κ3) is 4.41. The fourth-order valence-electron chi connectivity index (χ4n) is 3.65. The van der Waals surface area contributed by atoms with Crippen molar-refractivity contribution in [2.75, 3.05) is 41.4 Å². The highest BCUT2D eigenvalue weighted by molar-refractivity contribution is 6.46. The molecule has 0 unspecified atom stereocenters. The molecule has 0 bridgehead atoms. The van der Waals surface area contributed by atoms with Crippen molar-refractivity contribution >= 4 is 17.4 Å². The molecule has 1 atom stereocenters. The number of carbonyl (C=O) groups excluding carboxylic acids is 2. The number of ketones is 1. The Morgan fingerprint density at radius 3 is 2.26 bits per heavy atom. The number of methoxy groups -OCH3 is 2. The zero-order valence-corrected chi connectivity index (χ0v) is 18.5. The van der Waals surface area contributed by atoms with E-state index in [1.807, 2.05) is 38.1 Å². The fraction of sp³-hybridized carbons (Fsp3) is 0.333. The first-order valence-electron chi connectivity index (χ1n) is 10.0. The summed E-state index contributed by atoms with van der Waals surface area (Å²) in [6.45, 7) is 2.84. The summed E-state index contributed by atoms with van der Waals surface area (Å²) in [5.41, 5.74) is 2.24. The lowest BCUT2D eigenvalue weighted by Gasteiger charge is -2.27. The van der Waals surface area contributed by atoms with Crippen LogP contribution in [0.15, 0.2) is 48.0 Å². The number of rotatable bonds is 7. The number of carbonyl (C=O) groups is 2. The van der Waals surface area contributed by atoms with Crippen LogP contribution in [-0.4, -0.2) is 68.0 Å². The van der Waals surface area contributed by atoms with E-state index in [1.165, 1.54) is 19.1 Å². The van der Waals surface area contributed by atoms with Gasteiger partial charge in [-0.05, 0) is 38.7 Å². The number of benzene rings is 2. The highest BCUT2D eigenvalue weighted by atomic mass is 16.5. The lowest BCUT2D eigenvalue weighted by atomic mass is 9.94. The van der Waals surface area contributed by atoms with Crippen molar-refractivity contribution in [3.8, 4) is 11.5 Å². The summed E-state index contributed by atoms with van der Waals surface area (Å²) in [4.78, 5) is 29.4. The summed E-state index contributed by atoms with van der Waals surface area (Å²) in [6, 6.07) is 11.7. The summed E-state index contributed by atoms with van der Waals surface area (Å²) in [7, 11) is 6.86. The van der Waals surface area contributed by atoms with Crippen LogP contribution in [0.1, 0.15) is 22.7 Å². The summed E-state index contributed by atoms with van der Waals surface area (Å²) >= 11 is 0. The Bertz CT molecular complexity index is 1010. The second kappa shape index (κ2) is 9.22. The largest absolute Gasteiger partial charge is 0.507 e. The van der Waals surface area contributed by atoms with Gasteiger partial charge in [0.2, 0.25) is 0 Å². The molecule has 0 aromatic heterocycles. The van der Waals surface area contributed by atoms with E-state index in [-0.39, 0.29) is 11.3 Å². The van der Waals surface area contributed by atoms with E-state index < -0.39 is 17.7 Å². The molecule has 0 saturated carbocycles. The third-order valence-electron chi connectivity index (χ3n) is 5.38. The standard InChI is InChI=1S/C24H28N2O5/c1-15-6-8-16(9-7-15)22(27)20-21(17-10-11-18(30-4)19(14-17)31-5)26(13-12-25(2)3)24(29)23(20)28/h6-11,14,21,27H,12-13H2,1-5H3/t21-/m1/s1. The second-order valence-corrected chi connectivity index (χ2v) is 7.78. The third-order valence-corrected chi connectivity index (χ3v) is 5.38. The van der Waals surface area contributed by atoms with Gasteiger partial charge in [0.15, 0.2) is 11.5 Å². The SMILES string of the molecule is COc1ccc([C@@H]2C(=C(O)c3ccc(C)cc3)C(=O)C(=O)N2CCN(C)C)cc1OC. The number of aliphatic hydroxyl groups is 1. The molecule has 0 spiro atoms. The van der Waals surface area contributed by atoms with Crippen LogP contribution in [0.3, 0.4) is 0 Å². The van der Waals surface area contributed by atoms with Gasteiger partial charge in [-0.2, -0.15) is 0 Å². The molecule has 1 aliphatic heterocycles. The molecule has 1 N–H and O–H groups in total. The lowest BCUT2D eigenvalue weighted by molar-refractivity contribution is -0.140. The molecule has 2 aromatic carbocycles. The van der Waals surface area contributed by atoms with Gasteiger partial charge in [0.1, 0.15) is 5.76 Å². The molecular weight excluding hydrogens is 396 g/mol. The van der Waals surface area contributed by atoms with Gasteiger partial charge in [-0.3, -0.25) is 9.59 Å². The number of Topliss-reactive ketones (excluding diaryl/α,β-unsaturated/α-hetero) is 1. The highest BCUT2D eigenvalue weighted by Gasteiger charge is 2.46. The molecule has 1 amide bonds. The molecule has 7 nitrogen and oxygen atoms in total. The molecule has 0 aliphatic carbocycles. The summed E-state index contributed by atoms with van der Waals surface area (Å²) < 4.78 is 10.7. The van der Waals surface area contributed by atoms with E-state index in [0.29, 0.717) is 35.7 Å². The first-order valence-corrected chi connectivity index (χ1v) is 10.0. The molecule has 31 heavy (non-hydrogen) atoms. The van der Waals surface area contributed by atoms with Crippen molar-refractivity contribution in [2.24, 2.45) is 0 Å². The quantitative estimate of drug-likeness (QED) is 0.418. The average molecular weight is 424 g/mol. The van der Waals surface area contributed by atoms with Crippen LogP contribution in [-0.2, 0) is 9.59 Å². The van der Waals surface area contributed by atoms with Crippen molar-refractivity contribution in [2.45, 2.75) is 13.0 Å². The minimum Gasteiger partial charge on any atom is -0.507 e. The first kappa shape index (κ1) is 22.4. The van der Waals surface area contributed by atoms with Crippen molar-refractivity contribution in [1.82, 2.24) is 9.80 Å². The van der Waals surface area contributed by atoms with Crippen LogP contribution in [0, 0.1) is 6.92 Å². The topological polar surface area (TPSA) is 79.3 Å². The Labute approximate surface area is 182 Å². The van der Waals surface area contributed by atoms with Crippen LogP contribution < -0.4 is 9.47 Å². The van der Waals surface area contributed by atoms with Crippen LogP contribution in [0.2, 0.25) is 0 Å². The van der Waals surface area contributed by atoms with Gasteiger partial charge in [0, 0.05) is 18.7 Å². The maximum Gasteiger partial charge on any atom is 0.295 e. The molecule has 3 rings (SSSR count). The van der Waals surface area contributed by atoms with Crippen LogP contribution >= 0.6 is 0 Å². The van der Waals surface area contributed by atoms with E-state index in [1.54, 1.807) is 30.3 Å². The molecule has 1 saturated heterocycles. The monoisotopic (exact) mass is 424 g/mol. The molecule has 7 heteroatoms. The van der Waals surface area contributed by atoms with Crippen molar-refractivity contribution < 1.29 is 24.2 Å². The molecular formula is C24H28N2O5. The number of amides is 1. The van der Waals surface area contributed by atoms with E-state index in [2.05, 4.69) is 0 Å². The van der Waals surface area contributed by atoms with Crippen LogP contribution in [0.5, 0.6) is 11.5 Å². The van der Waals surface area contributed by atoms with Crippen LogP contribution in [0.25, 0.3) is 5.76 Å². The van der Waals surface area contributed by atoms with Gasteiger partial charge in [-0.25, -0.2) is 0 Å². The number of aryl methyl sites for hydroxylation is 1. The van der Waals surface area contributed by atoms with Gasteiger partial charge < -0.3 is 24.4 Å². The zero-order valence-electron chi connectivity index (χ0n) is 18.5. The number of ether oxygens (including phenoxy) is 2. The van der Waals surface area contributed by atoms with Gasteiger partial charge in [-0.15, -0.1) is 0 Å². The normalized spacial score (nSPS) is 18.0. The van der Waals surface area contributed by atoms with Crippen molar-refractivity contribution in [1.29, 1.82) is 0 Å². The Kier molecular flexibility index (Phi) is 6.65. The minimum absolute atomic E-state index is 0.0693. The number of likely N-dealkylation sites (N-methyl/N-ethyl adjacent to an activating group) is 1. The zero-order chi connectivity index (χ0) is 22.7. The lowest BCUT2D eigenvalue weighted by Crippen LogP contribution is -2.35. The van der Waals surface area contributed by atoms with Gasteiger partial charge in [-0.1, -0.05) is 35.9 Å². The van der Waals surface area contributed by atoms with Crippen molar-refractivity contribution in [3.05, 3.63) is 64.7 Å². The second-order valence-electron chi connectivity index (χ2n) is 7.78. The summed E-state index contributed by atoms with van der Waals surface area (Å²) in [6.07, 6.45) is 0. The highest BCUT2D eigenvalue weighted by Crippen LogP contribution is 2.41. The van der Waals surface area contributed by atoms with E-state index in [0.717, 1.165) is 5.56 Å². The predicted molar refractivity (Wildman–Crippen MR) is 118 cm³/mol. The summed E-state index contributed by atoms with van der Waals surface area (Å²) in [5.74, 6) is -0.499. The van der Waals surface area contributed by atoms with E-state index >= 15 is 0 Å². The molecule has 2 aromatic rings. The smallest absolute Gasteiger partial charge is 0.295 e. The molecule has 0 radical (unpaired) electrons. The molecule has 1 aliphatic rings. The number of aliphatic hydroxyl groups excluding tert-OH is 1. The van der Waals surface area contributed by atoms with E-state index in [9.17, 15) is 14.7 Å². The van der Waals surface area contributed by atoms with Gasteiger partial charge in [0.25, 0.3) is 11.7 Å². The summed E-state index contributed by atoms with van der Waals surface area (Å²) in [5, 5.41) is 11.1. The Balaban J connectivity index is 2.18. The molecule has 1 heterocycles. The number of hydrogen-bond donors (Lipinski definition) is 1. The fourth-order valence-corrected chi connectivity index (χ4v) is 3.65. The van der Waals surface area contributed by atoms with Crippen molar-refractivity contribution in [3.63, 3.8) is 0 Å². The number of hydrogen-bond acceptors (Lipinski definition) is 6. The number of likely N-dealkylation sites (tertiary alicyclic amines) is 1. The maximum atomic E-state index is 13.0.